The van der Waals surface area contributed by atoms with Crippen LogP contribution in [0.4, 0.5) is 0 Å². The Morgan fingerprint density at radius 1 is 1.57 bits per heavy atom. The summed E-state index contributed by atoms with van der Waals surface area (Å²) in [6, 6.07) is 0. The first kappa shape index (κ1) is 11.7. The minimum absolute atomic E-state index is 0.318. The highest BCUT2D eigenvalue weighted by Gasteiger charge is 2.31. The van der Waals surface area contributed by atoms with Crippen molar-refractivity contribution in [1.29, 1.82) is 0 Å². The quantitative estimate of drug-likeness (QED) is 0.706. The summed E-state index contributed by atoms with van der Waals surface area (Å²) < 4.78 is 5.48. The molecule has 0 radical (unpaired) electrons. The summed E-state index contributed by atoms with van der Waals surface area (Å²) in [5.41, 5.74) is 0.747. The van der Waals surface area contributed by atoms with Crippen LogP contribution in [0.25, 0.3) is 0 Å². The molecule has 82 valence electrons. The van der Waals surface area contributed by atoms with Crippen molar-refractivity contribution in [3.05, 3.63) is 11.6 Å². The van der Waals surface area contributed by atoms with Crippen LogP contribution in [0.3, 0.4) is 0 Å². The summed E-state index contributed by atoms with van der Waals surface area (Å²) in [4.78, 5) is 0. The summed E-state index contributed by atoms with van der Waals surface area (Å²) in [6.45, 7) is 6.74. The number of allylic oxidation sites excluding steroid dienone is 2. The third kappa shape index (κ3) is 3.81. The minimum atomic E-state index is -0.571. The van der Waals surface area contributed by atoms with Gasteiger partial charge in [-0.15, -0.1) is 0 Å². The Bertz CT molecular complexity index is 196. The maximum Gasteiger partial charge on any atom is 0.0884 e. The average Bonchev–Trinajstić information content (AvgIpc) is 2.10. The van der Waals surface area contributed by atoms with Gasteiger partial charge < -0.3 is 9.84 Å². The van der Waals surface area contributed by atoms with E-state index in [2.05, 4.69) is 26.8 Å². The van der Waals surface area contributed by atoms with Crippen molar-refractivity contribution < 1.29 is 9.84 Å². The van der Waals surface area contributed by atoms with Gasteiger partial charge >= 0.3 is 0 Å². The maximum absolute atomic E-state index is 10.1. The van der Waals surface area contributed by atoms with Crippen LogP contribution < -0.4 is 0 Å². The molecule has 1 fully saturated rings. The molecule has 0 aromatic carbocycles. The largest absolute Gasteiger partial charge is 0.387 e. The van der Waals surface area contributed by atoms with Crippen LogP contribution in [0.5, 0.6) is 0 Å². The third-order valence-electron chi connectivity index (χ3n) is 2.82. The highest BCUT2D eigenvalue weighted by atomic mass is 16.5. The predicted octanol–water partition coefficient (Wildman–Crippen LogP) is 2.66. The first-order valence-electron chi connectivity index (χ1n) is 5.49. The third-order valence-corrected chi connectivity index (χ3v) is 2.82. The van der Waals surface area contributed by atoms with Crippen molar-refractivity contribution >= 4 is 0 Å². The molecular weight excluding hydrogens is 176 g/mol. The van der Waals surface area contributed by atoms with Crippen molar-refractivity contribution in [2.45, 2.75) is 58.2 Å². The number of hydrogen-bond acceptors (Lipinski definition) is 2. The van der Waals surface area contributed by atoms with Crippen molar-refractivity contribution in [3.8, 4) is 0 Å². The molecule has 0 aliphatic carbocycles. The lowest BCUT2D eigenvalue weighted by Crippen LogP contribution is -2.40. The fourth-order valence-corrected chi connectivity index (χ4v) is 1.75. The lowest BCUT2D eigenvalue weighted by molar-refractivity contribution is -0.117. The van der Waals surface area contributed by atoms with E-state index in [9.17, 15) is 5.11 Å². The number of ether oxygens (including phenoxy) is 1. The van der Waals surface area contributed by atoms with E-state index < -0.39 is 5.60 Å². The molecule has 2 nitrogen and oxygen atoms in total. The Morgan fingerprint density at radius 2 is 2.29 bits per heavy atom. The van der Waals surface area contributed by atoms with Gasteiger partial charge in [-0.2, -0.15) is 0 Å². The SMILES string of the molecule is CC(C)=CCCC1(O)CCC(C)OC1. The molecule has 0 amide bonds. The second-order valence-corrected chi connectivity index (χ2v) is 4.70. The van der Waals surface area contributed by atoms with E-state index in [0.717, 1.165) is 25.7 Å². The molecule has 1 N–H and O–H groups in total. The Balaban J connectivity index is 2.32. The molecule has 1 heterocycles. The van der Waals surface area contributed by atoms with Gasteiger partial charge in [0.05, 0.1) is 18.3 Å². The second-order valence-electron chi connectivity index (χ2n) is 4.70. The van der Waals surface area contributed by atoms with Gasteiger partial charge in [0.1, 0.15) is 0 Å². The van der Waals surface area contributed by atoms with Crippen molar-refractivity contribution in [2.75, 3.05) is 6.61 Å². The molecule has 0 bridgehead atoms. The minimum Gasteiger partial charge on any atom is -0.387 e. The molecule has 0 aromatic heterocycles. The van der Waals surface area contributed by atoms with Crippen molar-refractivity contribution in [2.24, 2.45) is 0 Å². The van der Waals surface area contributed by atoms with E-state index in [1.807, 2.05) is 0 Å². The summed E-state index contributed by atoms with van der Waals surface area (Å²) >= 11 is 0. The maximum atomic E-state index is 10.1. The smallest absolute Gasteiger partial charge is 0.0884 e. The highest BCUT2D eigenvalue weighted by Crippen LogP contribution is 2.27. The molecule has 14 heavy (non-hydrogen) atoms. The molecule has 0 saturated carbocycles. The fraction of sp³-hybridized carbons (Fsp3) is 0.833. The first-order chi connectivity index (χ1) is 6.52. The van der Waals surface area contributed by atoms with Gasteiger partial charge in [-0.25, -0.2) is 0 Å². The summed E-state index contributed by atoms with van der Waals surface area (Å²) in [6.07, 6.45) is 6.13. The van der Waals surface area contributed by atoms with Crippen molar-refractivity contribution in [3.63, 3.8) is 0 Å². The Labute approximate surface area is 87.0 Å². The van der Waals surface area contributed by atoms with Crippen LogP contribution in [0.2, 0.25) is 0 Å². The molecule has 0 spiro atoms. The monoisotopic (exact) mass is 198 g/mol. The summed E-state index contributed by atoms with van der Waals surface area (Å²) in [7, 11) is 0. The molecule has 0 aromatic rings. The number of rotatable bonds is 3. The Kier molecular flexibility index (Phi) is 4.14. The van der Waals surface area contributed by atoms with E-state index in [1.165, 1.54) is 5.57 Å². The number of aliphatic hydroxyl groups is 1. The van der Waals surface area contributed by atoms with E-state index in [-0.39, 0.29) is 0 Å². The van der Waals surface area contributed by atoms with Gasteiger partial charge in [0, 0.05) is 0 Å². The van der Waals surface area contributed by atoms with Gasteiger partial charge in [-0.3, -0.25) is 0 Å². The lowest BCUT2D eigenvalue weighted by atomic mass is 9.89. The zero-order valence-corrected chi connectivity index (χ0v) is 9.55. The van der Waals surface area contributed by atoms with Crippen LogP contribution in [-0.2, 0) is 4.74 Å². The topological polar surface area (TPSA) is 29.5 Å². The van der Waals surface area contributed by atoms with E-state index >= 15 is 0 Å². The Hall–Kier alpha value is -0.340. The van der Waals surface area contributed by atoms with Crippen molar-refractivity contribution in [1.82, 2.24) is 0 Å². The highest BCUT2D eigenvalue weighted by molar-refractivity contribution is 4.95. The molecule has 2 unspecified atom stereocenters. The molecule has 1 saturated heterocycles. The second kappa shape index (κ2) is 4.94. The number of hydrogen-bond donors (Lipinski definition) is 1. The van der Waals surface area contributed by atoms with Crippen LogP contribution in [0, 0.1) is 0 Å². The van der Waals surface area contributed by atoms with Gasteiger partial charge in [0.2, 0.25) is 0 Å². The lowest BCUT2D eigenvalue weighted by Gasteiger charge is -2.34. The summed E-state index contributed by atoms with van der Waals surface area (Å²) in [5, 5.41) is 10.1. The van der Waals surface area contributed by atoms with Gasteiger partial charge in [-0.05, 0) is 46.5 Å². The standard InChI is InChI=1S/C12H22O2/c1-10(2)5-4-7-12(13)8-6-11(3)14-9-12/h5,11,13H,4,6-9H2,1-3H3. The fourth-order valence-electron chi connectivity index (χ4n) is 1.75. The predicted molar refractivity (Wildman–Crippen MR) is 58.3 cm³/mol. The normalized spacial score (nSPS) is 32.7. The zero-order chi connectivity index (χ0) is 10.6. The van der Waals surface area contributed by atoms with Crippen LogP contribution in [0.1, 0.15) is 46.5 Å². The van der Waals surface area contributed by atoms with E-state index in [1.54, 1.807) is 0 Å². The molecule has 1 aliphatic heterocycles. The molecular formula is C12H22O2. The van der Waals surface area contributed by atoms with Crippen LogP contribution in [-0.4, -0.2) is 23.4 Å². The first-order valence-corrected chi connectivity index (χ1v) is 5.49. The van der Waals surface area contributed by atoms with Gasteiger partial charge in [-0.1, -0.05) is 11.6 Å². The zero-order valence-electron chi connectivity index (χ0n) is 9.55. The molecule has 1 rings (SSSR count). The Morgan fingerprint density at radius 3 is 2.79 bits per heavy atom. The van der Waals surface area contributed by atoms with E-state index in [0.29, 0.717) is 12.7 Å². The molecule has 2 heteroatoms. The molecule has 1 aliphatic rings. The van der Waals surface area contributed by atoms with Gasteiger partial charge in [0.15, 0.2) is 0 Å². The van der Waals surface area contributed by atoms with E-state index in [4.69, 9.17) is 4.74 Å². The van der Waals surface area contributed by atoms with Crippen LogP contribution in [0.15, 0.2) is 11.6 Å². The van der Waals surface area contributed by atoms with Gasteiger partial charge in [0.25, 0.3) is 0 Å². The average molecular weight is 198 g/mol. The van der Waals surface area contributed by atoms with Crippen LogP contribution >= 0.6 is 0 Å². The molecule has 2 atom stereocenters. The summed E-state index contributed by atoms with van der Waals surface area (Å²) in [5.74, 6) is 0.